The van der Waals surface area contributed by atoms with Crippen molar-refractivity contribution in [2.75, 3.05) is 26.7 Å². The predicted octanol–water partition coefficient (Wildman–Crippen LogP) is 0.865. The molecule has 0 aromatic carbocycles. The lowest BCUT2D eigenvalue weighted by molar-refractivity contribution is -0.133. The minimum Gasteiger partial charge on any atom is -0.478 e. The Morgan fingerprint density at radius 1 is 1.33 bits per heavy atom. The summed E-state index contributed by atoms with van der Waals surface area (Å²) in [5.74, 6) is -0.853. The monoisotopic (exact) mass is 254 g/mol. The summed E-state index contributed by atoms with van der Waals surface area (Å²) in [6.45, 7) is 5.72. The topological polar surface area (TPSA) is 69.6 Å². The summed E-state index contributed by atoms with van der Waals surface area (Å²) in [5.41, 5.74) is 0.389. The van der Waals surface area contributed by atoms with Crippen LogP contribution < -0.4 is 5.32 Å². The van der Waals surface area contributed by atoms with Gasteiger partial charge in [0.25, 0.3) is 0 Å². The Morgan fingerprint density at radius 2 is 2.00 bits per heavy atom. The molecule has 0 aromatic heterocycles. The van der Waals surface area contributed by atoms with Crippen LogP contribution in [-0.2, 0) is 9.59 Å². The summed E-state index contributed by atoms with van der Waals surface area (Å²) in [6, 6.07) is 0. The summed E-state index contributed by atoms with van der Waals surface area (Å²) < 4.78 is 0. The van der Waals surface area contributed by atoms with Gasteiger partial charge < -0.3 is 15.3 Å². The van der Waals surface area contributed by atoms with Gasteiger partial charge in [0.05, 0.1) is 0 Å². The third-order valence-electron chi connectivity index (χ3n) is 3.50. The molecule has 0 saturated carbocycles. The van der Waals surface area contributed by atoms with Gasteiger partial charge in [-0.1, -0.05) is 0 Å². The molecule has 2 N–H and O–H groups in total. The molecule has 1 saturated heterocycles. The van der Waals surface area contributed by atoms with E-state index in [0.717, 1.165) is 25.9 Å². The van der Waals surface area contributed by atoms with Crippen molar-refractivity contribution < 1.29 is 14.7 Å². The number of likely N-dealkylation sites (tertiary alicyclic amines) is 1. The zero-order valence-corrected chi connectivity index (χ0v) is 11.3. The van der Waals surface area contributed by atoms with Crippen molar-refractivity contribution >= 4 is 11.9 Å². The Balaban J connectivity index is 2.46. The number of piperidine rings is 1. The predicted molar refractivity (Wildman–Crippen MR) is 69.2 cm³/mol. The second kappa shape index (κ2) is 6.54. The average molecular weight is 254 g/mol. The Morgan fingerprint density at radius 3 is 2.56 bits per heavy atom. The number of carbonyl (C=O) groups is 2. The first kappa shape index (κ1) is 14.7. The van der Waals surface area contributed by atoms with Crippen LogP contribution >= 0.6 is 0 Å². The van der Waals surface area contributed by atoms with Crippen LogP contribution in [0.2, 0.25) is 0 Å². The second-order valence-electron chi connectivity index (χ2n) is 5.04. The molecule has 102 valence electrons. The van der Waals surface area contributed by atoms with Crippen LogP contribution in [0.5, 0.6) is 0 Å². The molecule has 1 rings (SSSR count). The molecule has 0 spiro atoms. The summed E-state index contributed by atoms with van der Waals surface area (Å²) in [6.07, 6.45) is 2.27. The zero-order chi connectivity index (χ0) is 13.7. The molecule has 1 heterocycles. The highest BCUT2D eigenvalue weighted by Crippen LogP contribution is 2.14. The Hall–Kier alpha value is -1.36. The van der Waals surface area contributed by atoms with Crippen LogP contribution in [0.15, 0.2) is 11.1 Å². The smallest absolute Gasteiger partial charge is 0.331 e. The van der Waals surface area contributed by atoms with Crippen LogP contribution in [0.4, 0.5) is 0 Å². The van der Waals surface area contributed by atoms with Crippen LogP contribution in [0.1, 0.15) is 26.7 Å². The van der Waals surface area contributed by atoms with Crippen molar-refractivity contribution in [3.05, 3.63) is 11.1 Å². The summed E-state index contributed by atoms with van der Waals surface area (Å²) in [5, 5.41) is 11.6. The SMILES string of the molecule is CC(C(=O)O)=C(C)C(=O)NCC1CCCN(C)C1. The van der Waals surface area contributed by atoms with Crippen molar-refractivity contribution in [1.29, 1.82) is 0 Å². The first-order valence-electron chi connectivity index (χ1n) is 6.29. The molecule has 0 aliphatic carbocycles. The van der Waals surface area contributed by atoms with E-state index in [1.807, 2.05) is 0 Å². The highest BCUT2D eigenvalue weighted by molar-refractivity contribution is 6.01. The quantitative estimate of drug-likeness (QED) is 0.730. The maximum Gasteiger partial charge on any atom is 0.331 e. The normalized spacial score (nSPS) is 22.3. The van der Waals surface area contributed by atoms with Gasteiger partial charge in [0.15, 0.2) is 0 Å². The van der Waals surface area contributed by atoms with Crippen LogP contribution in [0.3, 0.4) is 0 Å². The number of rotatable bonds is 4. The number of hydrogen-bond donors (Lipinski definition) is 2. The minimum absolute atomic E-state index is 0.105. The molecular weight excluding hydrogens is 232 g/mol. The van der Waals surface area contributed by atoms with Crippen LogP contribution in [-0.4, -0.2) is 48.6 Å². The second-order valence-corrected chi connectivity index (χ2v) is 5.04. The minimum atomic E-state index is -1.04. The summed E-state index contributed by atoms with van der Waals surface area (Å²) in [7, 11) is 2.08. The van der Waals surface area contributed by atoms with Crippen molar-refractivity contribution in [1.82, 2.24) is 10.2 Å². The first-order chi connectivity index (χ1) is 8.41. The third kappa shape index (κ3) is 4.14. The van der Waals surface area contributed by atoms with Gasteiger partial charge in [-0.3, -0.25) is 4.79 Å². The molecule has 1 aliphatic rings. The van der Waals surface area contributed by atoms with Crippen molar-refractivity contribution in [2.24, 2.45) is 5.92 Å². The number of carbonyl (C=O) groups excluding carboxylic acids is 1. The van der Waals surface area contributed by atoms with Gasteiger partial charge in [-0.15, -0.1) is 0 Å². The van der Waals surface area contributed by atoms with Gasteiger partial charge in [0, 0.05) is 24.2 Å². The number of carboxylic acid groups (broad SMARTS) is 1. The maximum absolute atomic E-state index is 11.8. The molecule has 18 heavy (non-hydrogen) atoms. The molecule has 0 bridgehead atoms. The highest BCUT2D eigenvalue weighted by atomic mass is 16.4. The molecule has 0 radical (unpaired) electrons. The lowest BCUT2D eigenvalue weighted by atomic mass is 9.98. The van der Waals surface area contributed by atoms with Gasteiger partial charge >= 0.3 is 5.97 Å². The third-order valence-corrected chi connectivity index (χ3v) is 3.50. The lowest BCUT2D eigenvalue weighted by Gasteiger charge is -2.29. The van der Waals surface area contributed by atoms with Crippen molar-refractivity contribution in [3.8, 4) is 0 Å². The Labute approximate surface area is 108 Å². The molecule has 1 atom stereocenters. The highest BCUT2D eigenvalue weighted by Gasteiger charge is 2.19. The largest absolute Gasteiger partial charge is 0.478 e. The van der Waals surface area contributed by atoms with Crippen LogP contribution in [0, 0.1) is 5.92 Å². The zero-order valence-electron chi connectivity index (χ0n) is 11.3. The standard InChI is InChI=1S/C13H22N2O3/c1-9(10(2)13(17)18)12(16)14-7-11-5-4-6-15(3)8-11/h11H,4-8H2,1-3H3,(H,14,16)(H,17,18). The van der Waals surface area contributed by atoms with Crippen molar-refractivity contribution in [2.45, 2.75) is 26.7 Å². The number of carboxylic acids is 1. The van der Waals surface area contributed by atoms with E-state index >= 15 is 0 Å². The number of nitrogens with one attached hydrogen (secondary N) is 1. The van der Waals surface area contributed by atoms with Gasteiger partial charge in [-0.25, -0.2) is 4.79 Å². The molecule has 1 fully saturated rings. The van der Waals surface area contributed by atoms with Gasteiger partial charge in [0.1, 0.15) is 0 Å². The molecule has 1 aliphatic heterocycles. The Kier molecular flexibility index (Phi) is 5.34. The molecule has 1 unspecified atom stereocenters. The number of hydrogen-bond acceptors (Lipinski definition) is 3. The van der Waals surface area contributed by atoms with E-state index in [1.165, 1.54) is 6.92 Å². The lowest BCUT2D eigenvalue weighted by Crippen LogP contribution is -2.39. The molecule has 1 amide bonds. The van der Waals surface area contributed by atoms with E-state index in [1.54, 1.807) is 6.92 Å². The fourth-order valence-corrected chi connectivity index (χ4v) is 2.14. The molecule has 5 heteroatoms. The van der Waals surface area contributed by atoms with Gasteiger partial charge in [-0.2, -0.15) is 0 Å². The molecular formula is C13H22N2O3. The average Bonchev–Trinajstić information content (AvgIpc) is 2.34. The van der Waals surface area contributed by atoms with Crippen molar-refractivity contribution in [3.63, 3.8) is 0 Å². The number of nitrogens with zero attached hydrogens (tertiary/aromatic N) is 1. The van der Waals surface area contributed by atoms with E-state index < -0.39 is 5.97 Å². The molecule has 5 nitrogen and oxygen atoms in total. The summed E-state index contributed by atoms with van der Waals surface area (Å²) in [4.78, 5) is 24.8. The number of aliphatic carboxylic acids is 1. The maximum atomic E-state index is 11.8. The van der Waals surface area contributed by atoms with E-state index in [2.05, 4.69) is 17.3 Å². The Bertz CT molecular complexity index is 363. The fraction of sp³-hybridized carbons (Fsp3) is 0.692. The first-order valence-corrected chi connectivity index (χ1v) is 6.29. The number of amides is 1. The van der Waals surface area contributed by atoms with E-state index in [0.29, 0.717) is 12.5 Å². The van der Waals surface area contributed by atoms with E-state index in [4.69, 9.17) is 5.11 Å². The van der Waals surface area contributed by atoms with Crippen LogP contribution in [0.25, 0.3) is 0 Å². The fourth-order valence-electron chi connectivity index (χ4n) is 2.14. The summed E-state index contributed by atoms with van der Waals surface area (Å²) >= 11 is 0. The van der Waals surface area contributed by atoms with Gasteiger partial charge in [-0.05, 0) is 46.2 Å². The van der Waals surface area contributed by atoms with E-state index in [-0.39, 0.29) is 17.1 Å². The van der Waals surface area contributed by atoms with Gasteiger partial charge in [0.2, 0.25) is 5.91 Å². The van der Waals surface area contributed by atoms with E-state index in [9.17, 15) is 9.59 Å². The molecule has 0 aromatic rings.